The van der Waals surface area contributed by atoms with E-state index in [-0.39, 0.29) is 11.8 Å². The zero-order valence-corrected chi connectivity index (χ0v) is 13.9. The van der Waals surface area contributed by atoms with Gasteiger partial charge >= 0.3 is 0 Å². The third-order valence-electron chi connectivity index (χ3n) is 4.45. The van der Waals surface area contributed by atoms with Crippen molar-refractivity contribution < 1.29 is 9.21 Å². The molecule has 4 rings (SSSR count). The van der Waals surface area contributed by atoms with Gasteiger partial charge in [0.1, 0.15) is 5.69 Å². The van der Waals surface area contributed by atoms with Crippen LogP contribution >= 0.6 is 0 Å². The zero-order valence-electron chi connectivity index (χ0n) is 13.9. The lowest BCUT2D eigenvalue weighted by molar-refractivity contribution is 0.0784. The van der Waals surface area contributed by atoms with Gasteiger partial charge in [0, 0.05) is 24.8 Å². The predicted octanol–water partition coefficient (Wildman–Crippen LogP) is 3.07. The first-order valence-corrected chi connectivity index (χ1v) is 8.31. The highest BCUT2D eigenvalue weighted by Crippen LogP contribution is 2.29. The maximum absolute atomic E-state index is 12.5. The molecule has 3 aromatic rings. The van der Waals surface area contributed by atoms with E-state index in [1.165, 1.54) is 5.56 Å². The van der Waals surface area contributed by atoms with Gasteiger partial charge < -0.3 is 9.32 Å². The van der Waals surface area contributed by atoms with E-state index in [1.54, 1.807) is 23.2 Å². The molecule has 1 amide bonds. The van der Waals surface area contributed by atoms with Crippen molar-refractivity contribution in [3.63, 3.8) is 0 Å². The van der Waals surface area contributed by atoms with Gasteiger partial charge in [-0.1, -0.05) is 23.8 Å². The van der Waals surface area contributed by atoms with E-state index >= 15 is 0 Å². The number of aromatic nitrogens is 3. The molecule has 1 atom stereocenters. The minimum absolute atomic E-state index is 0.0543. The second kappa shape index (κ2) is 6.47. The highest BCUT2D eigenvalue weighted by molar-refractivity contribution is 5.92. The van der Waals surface area contributed by atoms with Gasteiger partial charge in [-0.25, -0.2) is 0 Å². The van der Waals surface area contributed by atoms with Crippen LogP contribution in [0.4, 0.5) is 0 Å². The molecule has 3 heterocycles. The second-order valence-electron chi connectivity index (χ2n) is 6.26. The van der Waals surface area contributed by atoms with E-state index in [0.29, 0.717) is 30.6 Å². The molecule has 0 unspecified atom stereocenters. The third-order valence-corrected chi connectivity index (χ3v) is 4.45. The first-order valence-electron chi connectivity index (χ1n) is 8.31. The lowest BCUT2D eigenvalue weighted by atomic mass is 10.1. The molecule has 1 saturated heterocycles. The molecule has 0 radical (unpaired) electrons. The van der Waals surface area contributed by atoms with Crippen molar-refractivity contribution in [2.75, 3.05) is 13.1 Å². The largest absolute Gasteiger partial charge is 0.420 e. The maximum atomic E-state index is 12.5. The van der Waals surface area contributed by atoms with E-state index in [2.05, 4.69) is 15.2 Å². The van der Waals surface area contributed by atoms with E-state index in [1.807, 2.05) is 37.3 Å². The minimum atomic E-state index is -0.0543. The number of amides is 1. The molecule has 1 aliphatic heterocycles. The monoisotopic (exact) mass is 334 g/mol. The molecule has 0 saturated carbocycles. The predicted molar refractivity (Wildman–Crippen MR) is 92.0 cm³/mol. The fraction of sp³-hybridized carbons (Fsp3) is 0.263. The lowest BCUT2D eigenvalue weighted by Crippen LogP contribution is -2.29. The molecule has 126 valence electrons. The van der Waals surface area contributed by atoms with Crippen LogP contribution in [0.25, 0.3) is 11.5 Å². The van der Waals surface area contributed by atoms with E-state index < -0.39 is 0 Å². The number of likely N-dealkylation sites (tertiary alicyclic amines) is 1. The van der Waals surface area contributed by atoms with E-state index in [9.17, 15) is 4.79 Å². The number of hydrogen-bond acceptors (Lipinski definition) is 5. The van der Waals surface area contributed by atoms with Gasteiger partial charge in [-0.2, -0.15) is 0 Å². The Morgan fingerprint density at radius 1 is 1.16 bits per heavy atom. The maximum Gasteiger partial charge on any atom is 0.272 e. The standard InChI is InChI=1S/C19H18N4O2/c1-13-5-7-14(8-6-13)17-21-22-18(25-17)15-9-11-23(12-15)19(24)16-4-2-3-10-20-16/h2-8,10,15H,9,11-12H2,1H3/t15-/m0/s1. The Bertz CT molecular complexity index is 874. The average Bonchev–Trinajstić information content (AvgIpc) is 3.32. The molecule has 2 aromatic heterocycles. The van der Waals surface area contributed by atoms with Crippen LogP contribution in [0, 0.1) is 6.92 Å². The summed E-state index contributed by atoms with van der Waals surface area (Å²) in [5, 5.41) is 8.35. The second-order valence-corrected chi connectivity index (χ2v) is 6.26. The SMILES string of the molecule is Cc1ccc(-c2nnc([C@H]3CCN(C(=O)c4ccccn4)C3)o2)cc1. The van der Waals surface area contributed by atoms with Gasteiger partial charge in [0.25, 0.3) is 5.91 Å². The summed E-state index contributed by atoms with van der Waals surface area (Å²) in [6, 6.07) is 13.3. The summed E-state index contributed by atoms with van der Waals surface area (Å²) in [6.07, 6.45) is 2.45. The van der Waals surface area contributed by atoms with Crippen molar-refractivity contribution in [1.29, 1.82) is 0 Å². The highest BCUT2D eigenvalue weighted by Gasteiger charge is 2.31. The molecule has 0 spiro atoms. The number of nitrogens with zero attached hydrogens (tertiary/aromatic N) is 4. The summed E-state index contributed by atoms with van der Waals surface area (Å²) in [7, 11) is 0. The number of hydrogen-bond donors (Lipinski definition) is 0. The van der Waals surface area contributed by atoms with Crippen LogP contribution in [0.5, 0.6) is 0 Å². The molecular formula is C19H18N4O2. The summed E-state index contributed by atoms with van der Waals surface area (Å²) in [4.78, 5) is 18.4. The van der Waals surface area contributed by atoms with Crippen molar-refractivity contribution >= 4 is 5.91 Å². The molecule has 0 bridgehead atoms. The average molecular weight is 334 g/mol. The molecular weight excluding hydrogens is 316 g/mol. The van der Waals surface area contributed by atoms with E-state index in [4.69, 9.17) is 4.42 Å². The van der Waals surface area contributed by atoms with Crippen LogP contribution in [0.1, 0.15) is 34.3 Å². The van der Waals surface area contributed by atoms with Crippen LogP contribution in [0.15, 0.2) is 53.1 Å². The summed E-state index contributed by atoms with van der Waals surface area (Å²) in [6.45, 7) is 3.28. The molecule has 25 heavy (non-hydrogen) atoms. The molecule has 0 N–H and O–H groups in total. The van der Waals surface area contributed by atoms with Crippen LogP contribution in [-0.2, 0) is 0 Å². The molecule has 6 heteroatoms. The molecule has 0 aliphatic carbocycles. The Labute approximate surface area is 145 Å². The van der Waals surface area contributed by atoms with Crippen molar-refractivity contribution in [3.8, 4) is 11.5 Å². The van der Waals surface area contributed by atoms with Crippen LogP contribution in [0.3, 0.4) is 0 Å². The number of benzene rings is 1. The normalized spacial score (nSPS) is 17.0. The molecule has 1 aromatic carbocycles. The highest BCUT2D eigenvalue weighted by atomic mass is 16.4. The van der Waals surface area contributed by atoms with Gasteiger partial charge in [-0.15, -0.1) is 10.2 Å². The van der Waals surface area contributed by atoms with Crippen LogP contribution in [-0.4, -0.2) is 39.1 Å². The fourth-order valence-electron chi connectivity index (χ4n) is 3.01. The first-order chi connectivity index (χ1) is 12.2. The van der Waals surface area contributed by atoms with E-state index in [0.717, 1.165) is 12.0 Å². The summed E-state index contributed by atoms with van der Waals surface area (Å²) >= 11 is 0. The summed E-state index contributed by atoms with van der Waals surface area (Å²) in [5.74, 6) is 1.12. The number of aryl methyl sites for hydroxylation is 1. The molecule has 6 nitrogen and oxygen atoms in total. The molecule has 1 fully saturated rings. The Balaban J connectivity index is 1.47. The van der Waals surface area contributed by atoms with Crippen LogP contribution in [0.2, 0.25) is 0 Å². The van der Waals surface area contributed by atoms with Gasteiger partial charge in [0.2, 0.25) is 11.8 Å². The minimum Gasteiger partial charge on any atom is -0.420 e. The fourth-order valence-corrected chi connectivity index (χ4v) is 3.01. The topological polar surface area (TPSA) is 72.1 Å². The molecule has 1 aliphatic rings. The Kier molecular flexibility index (Phi) is 4.01. The smallest absolute Gasteiger partial charge is 0.272 e. The quantitative estimate of drug-likeness (QED) is 0.736. The summed E-state index contributed by atoms with van der Waals surface area (Å²) < 4.78 is 5.85. The number of carbonyl (C=O) groups is 1. The van der Waals surface area contributed by atoms with Crippen LogP contribution < -0.4 is 0 Å². The Morgan fingerprint density at radius 3 is 2.76 bits per heavy atom. The number of pyridine rings is 1. The van der Waals surface area contributed by atoms with Crippen molar-refractivity contribution in [1.82, 2.24) is 20.1 Å². The third kappa shape index (κ3) is 3.15. The van der Waals surface area contributed by atoms with Crippen molar-refractivity contribution in [3.05, 3.63) is 65.8 Å². The summed E-state index contributed by atoms with van der Waals surface area (Å²) in [5.41, 5.74) is 2.56. The zero-order chi connectivity index (χ0) is 17.2. The van der Waals surface area contributed by atoms with Gasteiger partial charge in [0.15, 0.2) is 0 Å². The van der Waals surface area contributed by atoms with Gasteiger partial charge in [-0.05, 0) is 37.6 Å². The lowest BCUT2D eigenvalue weighted by Gasteiger charge is -2.14. The Morgan fingerprint density at radius 2 is 2.00 bits per heavy atom. The van der Waals surface area contributed by atoms with Gasteiger partial charge in [0.05, 0.1) is 5.92 Å². The van der Waals surface area contributed by atoms with Crippen molar-refractivity contribution in [2.45, 2.75) is 19.3 Å². The number of rotatable bonds is 3. The Hall–Kier alpha value is -3.02. The number of carbonyl (C=O) groups excluding carboxylic acids is 1. The van der Waals surface area contributed by atoms with Crippen molar-refractivity contribution in [2.24, 2.45) is 0 Å². The first kappa shape index (κ1) is 15.5. The van der Waals surface area contributed by atoms with Gasteiger partial charge in [-0.3, -0.25) is 9.78 Å².